The maximum absolute atomic E-state index is 12.5. The Morgan fingerprint density at radius 2 is 1.96 bits per heavy atom. The predicted molar refractivity (Wildman–Crippen MR) is 99.7 cm³/mol. The number of hydrogen-bond donors (Lipinski definition) is 1. The number of hydrogen-bond acceptors (Lipinski definition) is 5. The van der Waals surface area contributed by atoms with E-state index < -0.39 is 10.0 Å². The van der Waals surface area contributed by atoms with Crippen LogP contribution in [0.5, 0.6) is 0 Å². The van der Waals surface area contributed by atoms with Crippen LogP contribution in [0, 0.1) is 5.92 Å². The van der Waals surface area contributed by atoms with Gasteiger partial charge < -0.3 is 14.6 Å². The zero-order valence-electron chi connectivity index (χ0n) is 15.0. The Bertz CT molecular complexity index is 974. The van der Waals surface area contributed by atoms with Gasteiger partial charge in [-0.05, 0) is 44.0 Å². The highest BCUT2D eigenvalue weighted by atomic mass is 32.2. The van der Waals surface area contributed by atoms with E-state index in [1.807, 2.05) is 24.0 Å². The van der Waals surface area contributed by atoms with Crippen molar-refractivity contribution >= 4 is 21.8 Å². The van der Waals surface area contributed by atoms with E-state index >= 15 is 0 Å². The molecule has 0 aliphatic carbocycles. The van der Waals surface area contributed by atoms with Gasteiger partial charge in [0.2, 0.25) is 5.91 Å². The fraction of sp³-hybridized carbons (Fsp3) is 0.368. The zero-order valence-corrected chi connectivity index (χ0v) is 15.8. The molecule has 0 unspecified atom stereocenters. The van der Waals surface area contributed by atoms with Gasteiger partial charge in [0.15, 0.2) is 5.84 Å². The Labute approximate surface area is 158 Å². The van der Waals surface area contributed by atoms with Crippen LogP contribution in [-0.4, -0.2) is 38.2 Å². The molecule has 1 fully saturated rings. The number of rotatable bonds is 3. The van der Waals surface area contributed by atoms with Crippen molar-refractivity contribution in [1.82, 2.24) is 10.2 Å². The summed E-state index contributed by atoms with van der Waals surface area (Å²) in [6, 6.07) is 10.3. The summed E-state index contributed by atoms with van der Waals surface area (Å²) in [6.07, 6.45) is 2.89. The van der Waals surface area contributed by atoms with Gasteiger partial charge in [0, 0.05) is 24.6 Å². The minimum absolute atomic E-state index is 0.0000626. The second-order valence-electron chi connectivity index (χ2n) is 6.89. The summed E-state index contributed by atoms with van der Waals surface area (Å²) in [6.45, 7) is 3.08. The Kier molecular flexibility index (Phi) is 4.51. The van der Waals surface area contributed by atoms with Crippen LogP contribution < -0.4 is 5.32 Å². The maximum atomic E-state index is 12.5. The Balaban J connectivity index is 1.40. The molecule has 0 radical (unpaired) electrons. The van der Waals surface area contributed by atoms with E-state index in [0.29, 0.717) is 37.3 Å². The van der Waals surface area contributed by atoms with Gasteiger partial charge in [-0.1, -0.05) is 12.1 Å². The molecule has 7 nitrogen and oxygen atoms in total. The molecule has 2 aromatic rings. The Morgan fingerprint density at radius 1 is 1.22 bits per heavy atom. The number of nitrogens with one attached hydrogen (secondary N) is 1. The molecule has 27 heavy (non-hydrogen) atoms. The van der Waals surface area contributed by atoms with Crippen molar-refractivity contribution < 1.29 is 17.6 Å². The molecule has 0 spiro atoms. The molecule has 4 rings (SSSR count). The van der Waals surface area contributed by atoms with Crippen LogP contribution in [0.25, 0.3) is 0 Å². The van der Waals surface area contributed by atoms with Gasteiger partial charge in [-0.3, -0.25) is 4.79 Å². The molecule has 2 aliphatic rings. The fourth-order valence-electron chi connectivity index (χ4n) is 3.61. The average Bonchev–Trinajstić information content (AvgIpc) is 3.29. The first-order valence-electron chi connectivity index (χ1n) is 8.99. The van der Waals surface area contributed by atoms with Gasteiger partial charge in [-0.25, -0.2) is 0 Å². The lowest BCUT2D eigenvalue weighted by Crippen LogP contribution is -2.43. The highest BCUT2D eigenvalue weighted by Gasteiger charge is 2.34. The van der Waals surface area contributed by atoms with Gasteiger partial charge in [0.05, 0.1) is 12.3 Å². The number of amides is 1. The maximum Gasteiger partial charge on any atom is 0.285 e. The number of carbonyl (C=O) groups excluding carboxylic acids is 1. The van der Waals surface area contributed by atoms with E-state index in [0.717, 1.165) is 5.76 Å². The molecular formula is C19H21N3O4S. The molecule has 1 amide bonds. The van der Waals surface area contributed by atoms with Crippen LogP contribution in [0.4, 0.5) is 0 Å². The summed E-state index contributed by atoms with van der Waals surface area (Å²) < 4.78 is 33.7. The van der Waals surface area contributed by atoms with Crippen molar-refractivity contribution in [1.29, 1.82) is 0 Å². The standard InChI is InChI=1S/C19H21N3O4S/c1-13(16-6-4-12-26-16)20-19(23)14-8-10-22(11-9-14)18-15-5-2-3-7-17(15)27(24,25)21-18/h2-7,12-14H,8-11H2,1H3,(H,20,23)/t13-/m0/s1. The van der Waals surface area contributed by atoms with Crippen molar-refractivity contribution in [2.24, 2.45) is 10.3 Å². The highest BCUT2D eigenvalue weighted by molar-refractivity contribution is 7.90. The van der Waals surface area contributed by atoms with E-state index in [1.165, 1.54) is 0 Å². The zero-order chi connectivity index (χ0) is 19.0. The number of sulfonamides is 1. The van der Waals surface area contributed by atoms with Crippen LogP contribution >= 0.6 is 0 Å². The van der Waals surface area contributed by atoms with E-state index in [2.05, 4.69) is 9.71 Å². The monoisotopic (exact) mass is 387 g/mol. The van der Waals surface area contributed by atoms with Crippen molar-refractivity contribution in [2.75, 3.05) is 13.1 Å². The van der Waals surface area contributed by atoms with Crippen LogP contribution in [0.1, 0.15) is 37.1 Å². The summed E-state index contributed by atoms with van der Waals surface area (Å²) in [7, 11) is -3.62. The number of fused-ring (bicyclic) bond motifs is 1. The van der Waals surface area contributed by atoms with Crippen molar-refractivity contribution in [2.45, 2.75) is 30.7 Å². The molecule has 1 atom stereocenters. The van der Waals surface area contributed by atoms with Crippen LogP contribution in [0.3, 0.4) is 0 Å². The van der Waals surface area contributed by atoms with Crippen molar-refractivity contribution in [3.05, 3.63) is 54.0 Å². The topological polar surface area (TPSA) is 92.0 Å². The van der Waals surface area contributed by atoms with E-state index in [4.69, 9.17) is 4.42 Å². The van der Waals surface area contributed by atoms with Gasteiger partial charge >= 0.3 is 0 Å². The second kappa shape index (κ2) is 6.84. The van der Waals surface area contributed by atoms with Gasteiger partial charge in [-0.15, -0.1) is 4.40 Å². The van der Waals surface area contributed by atoms with Crippen molar-refractivity contribution in [3.8, 4) is 0 Å². The number of amidine groups is 1. The number of carbonyl (C=O) groups is 1. The first-order valence-corrected chi connectivity index (χ1v) is 10.4. The molecule has 1 aromatic carbocycles. The van der Waals surface area contributed by atoms with Crippen LogP contribution in [0.2, 0.25) is 0 Å². The lowest BCUT2D eigenvalue weighted by Gasteiger charge is -2.33. The van der Waals surface area contributed by atoms with Gasteiger partial charge in [-0.2, -0.15) is 8.42 Å². The average molecular weight is 387 g/mol. The lowest BCUT2D eigenvalue weighted by atomic mass is 9.95. The fourth-order valence-corrected chi connectivity index (χ4v) is 4.84. The van der Waals surface area contributed by atoms with Gasteiger partial charge in [0.1, 0.15) is 10.7 Å². The lowest BCUT2D eigenvalue weighted by molar-refractivity contribution is -0.126. The smallest absolute Gasteiger partial charge is 0.285 e. The Hall–Kier alpha value is -2.61. The minimum Gasteiger partial charge on any atom is -0.467 e. The number of benzene rings is 1. The molecule has 142 valence electrons. The van der Waals surface area contributed by atoms with Crippen molar-refractivity contribution in [3.63, 3.8) is 0 Å². The SMILES string of the molecule is C[C@H](NC(=O)C1CCN(C2=NS(=O)(=O)c3ccccc32)CC1)c1ccco1. The summed E-state index contributed by atoms with van der Waals surface area (Å²) in [4.78, 5) is 14.8. The number of piperidine rings is 1. The van der Waals surface area contributed by atoms with Gasteiger partial charge in [0.25, 0.3) is 10.0 Å². The molecule has 8 heteroatoms. The van der Waals surface area contributed by atoms with Crippen LogP contribution in [0.15, 0.2) is 56.4 Å². The number of furan rings is 1. The predicted octanol–water partition coefficient (Wildman–Crippen LogP) is 2.32. The summed E-state index contributed by atoms with van der Waals surface area (Å²) in [5.41, 5.74) is 0.645. The third-order valence-electron chi connectivity index (χ3n) is 5.11. The first kappa shape index (κ1) is 17.8. The normalized spacial score (nSPS) is 20.0. The number of likely N-dealkylation sites (tertiary alicyclic amines) is 1. The largest absolute Gasteiger partial charge is 0.467 e. The second-order valence-corrected chi connectivity index (χ2v) is 8.47. The van der Waals surface area contributed by atoms with Crippen LogP contribution in [-0.2, 0) is 14.8 Å². The summed E-state index contributed by atoms with van der Waals surface area (Å²) in [5.74, 6) is 1.11. The first-order chi connectivity index (χ1) is 13.0. The molecule has 1 saturated heterocycles. The molecule has 2 aliphatic heterocycles. The third kappa shape index (κ3) is 3.37. The minimum atomic E-state index is -3.62. The number of nitrogens with zero attached hydrogens (tertiary/aromatic N) is 2. The third-order valence-corrected chi connectivity index (χ3v) is 6.43. The summed E-state index contributed by atoms with van der Waals surface area (Å²) >= 11 is 0. The van der Waals surface area contributed by atoms with E-state index in [9.17, 15) is 13.2 Å². The molecular weight excluding hydrogens is 366 g/mol. The molecule has 0 saturated carbocycles. The van der Waals surface area contributed by atoms with E-state index in [1.54, 1.807) is 30.5 Å². The quantitative estimate of drug-likeness (QED) is 0.873. The summed E-state index contributed by atoms with van der Waals surface area (Å²) in [5, 5.41) is 2.99. The molecule has 1 N–H and O–H groups in total. The highest BCUT2D eigenvalue weighted by Crippen LogP contribution is 2.29. The molecule has 0 bridgehead atoms. The Morgan fingerprint density at radius 3 is 2.67 bits per heavy atom. The van der Waals surface area contributed by atoms with E-state index in [-0.39, 0.29) is 22.8 Å². The molecule has 1 aromatic heterocycles. The molecule has 3 heterocycles.